The lowest BCUT2D eigenvalue weighted by Crippen LogP contribution is -2.13. The summed E-state index contributed by atoms with van der Waals surface area (Å²) in [7, 11) is 1.83. The highest BCUT2D eigenvalue weighted by molar-refractivity contribution is 6.00. The van der Waals surface area contributed by atoms with Crippen LogP contribution in [0.4, 0.5) is 5.69 Å². The summed E-state index contributed by atoms with van der Waals surface area (Å²) in [4.78, 5) is 28.8. The van der Waals surface area contributed by atoms with Gasteiger partial charge >= 0.3 is 0 Å². The monoisotopic (exact) mass is 350 g/mol. The molecular formula is C20H22N4O2. The van der Waals surface area contributed by atoms with E-state index >= 15 is 0 Å². The lowest BCUT2D eigenvalue weighted by molar-refractivity contribution is -0.116. The van der Waals surface area contributed by atoms with Crippen LogP contribution in [0.2, 0.25) is 0 Å². The van der Waals surface area contributed by atoms with Gasteiger partial charge in [-0.05, 0) is 44.0 Å². The van der Waals surface area contributed by atoms with Gasteiger partial charge in [-0.25, -0.2) is 4.98 Å². The molecule has 1 N–H and O–H groups in total. The Hall–Kier alpha value is -3.02. The van der Waals surface area contributed by atoms with E-state index in [1.165, 1.54) is 0 Å². The fraction of sp³-hybridized carbons (Fsp3) is 0.300. The zero-order valence-electron chi connectivity index (χ0n) is 15.5. The summed E-state index contributed by atoms with van der Waals surface area (Å²) in [5.41, 5.74) is 5.10. The lowest BCUT2D eigenvalue weighted by atomic mass is 10.0. The van der Waals surface area contributed by atoms with Crippen molar-refractivity contribution in [2.45, 2.75) is 33.6 Å². The molecule has 0 fully saturated rings. The number of anilines is 1. The van der Waals surface area contributed by atoms with Crippen LogP contribution in [0.15, 0.2) is 30.5 Å². The number of nitrogens with zero attached hydrogens (tertiary/aromatic N) is 3. The first-order valence-corrected chi connectivity index (χ1v) is 8.55. The van der Waals surface area contributed by atoms with Crippen molar-refractivity contribution in [3.8, 4) is 0 Å². The molecule has 1 amide bonds. The number of ketones is 1. The molecule has 0 saturated heterocycles. The highest BCUT2D eigenvalue weighted by Crippen LogP contribution is 2.19. The van der Waals surface area contributed by atoms with Gasteiger partial charge in [0.25, 0.3) is 0 Å². The predicted molar refractivity (Wildman–Crippen MR) is 101 cm³/mol. The second-order valence-electron chi connectivity index (χ2n) is 6.57. The van der Waals surface area contributed by atoms with Crippen LogP contribution in [0.3, 0.4) is 0 Å². The second-order valence-corrected chi connectivity index (χ2v) is 6.57. The number of carbonyl (C=O) groups is 2. The van der Waals surface area contributed by atoms with Gasteiger partial charge in [0.05, 0.1) is 17.6 Å². The Morgan fingerprint density at radius 1 is 1.08 bits per heavy atom. The summed E-state index contributed by atoms with van der Waals surface area (Å²) < 4.78 is 1.71. The number of aryl methyl sites for hydroxylation is 4. The Bertz CT molecular complexity index is 1000. The molecule has 0 radical (unpaired) electrons. The molecule has 0 unspecified atom stereocenters. The van der Waals surface area contributed by atoms with Gasteiger partial charge in [-0.3, -0.25) is 14.3 Å². The molecular weight excluding hydrogens is 328 g/mol. The third-order valence-electron chi connectivity index (χ3n) is 4.55. The first-order chi connectivity index (χ1) is 12.3. The maximum Gasteiger partial charge on any atom is 0.224 e. The van der Waals surface area contributed by atoms with E-state index in [-0.39, 0.29) is 24.5 Å². The average molecular weight is 350 g/mol. The molecule has 0 atom stereocenters. The smallest absolute Gasteiger partial charge is 0.224 e. The number of rotatable bonds is 5. The molecule has 0 saturated carbocycles. The Morgan fingerprint density at radius 2 is 1.85 bits per heavy atom. The highest BCUT2D eigenvalue weighted by atomic mass is 16.2. The van der Waals surface area contributed by atoms with Crippen molar-refractivity contribution < 1.29 is 9.59 Å². The zero-order chi connectivity index (χ0) is 18.8. The van der Waals surface area contributed by atoms with Crippen molar-refractivity contribution in [2.24, 2.45) is 7.05 Å². The van der Waals surface area contributed by atoms with Gasteiger partial charge in [0.1, 0.15) is 0 Å². The first kappa shape index (κ1) is 17.8. The normalized spacial score (nSPS) is 10.9. The number of fused-ring (bicyclic) bond motifs is 1. The van der Waals surface area contributed by atoms with Crippen LogP contribution in [-0.2, 0) is 11.8 Å². The first-order valence-electron chi connectivity index (χ1n) is 8.55. The minimum absolute atomic E-state index is 0.0278. The van der Waals surface area contributed by atoms with Gasteiger partial charge < -0.3 is 5.32 Å². The van der Waals surface area contributed by atoms with E-state index in [2.05, 4.69) is 15.4 Å². The van der Waals surface area contributed by atoms with Gasteiger partial charge in [0.15, 0.2) is 11.4 Å². The molecule has 1 aromatic carbocycles. The number of nitrogens with one attached hydrogen (secondary N) is 1. The molecule has 26 heavy (non-hydrogen) atoms. The molecule has 134 valence electrons. The topological polar surface area (TPSA) is 76.9 Å². The number of pyridine rings is 1. The highest BCUT2D eigenvalue weighted by Gasteiger charge is 2.12. The second kappa shape index (κ2) is 7.07. The third kappa shape index (κ3) is 3.64. The number of aromatic nitrogens is 3. The third-order valence-corrected chi connectivity index (χ3v) is 4.55. The van der Waals surface area contributed by atoms with Crippen molar-refractivity contribution in [3.63, 3.8) is 0 Å². The van der Waals surface area contributed by atoms with Crippen molar-refractivity contribution in [1.29, 1.82) is 0 Å². The maximum atomic E-state index is 12.3. The van der Waals surface area contributed by atoms with Gasteiger partial charge in [-0.15, -0.1) is 0 Å². The summed E-state index contributed by atoms with van der Waals surface area (Å²) in [6.45, 7) is 5.88. The van der Waals surface area contributed by atoms with Gasteiger partial charge in [0, 0.05) is 30.8 Å². The molecule has 2 heterocycles. The van der Waals surface area contributed by atoms with Crippen molar-refractivity contribution in [1.82, 2.24) is 14.8 Å². The number of hydrogen-bond donors (Lipinski definition) is 1. The van der Waals surface area contributed by atoms with E-state index in [0.717, 1.165) is 27.9 Å². The van der Waals surface area contributed by atoms with E-state index in [1.807, 2.05) is 52.1 Å². The summed E-state index contributed by atoms with van der Waals surface area (Å²) in [6.07, 6.45) is 1.91. The fourth-order valence-electron chi connectivity index (χ4n) is 2.89. The molecule has 0 aliphatic heterocycles. The minimum atomic E-state index is -0.204. The maximum absolute atomic E-state index is 12.3. The fourth-order valence-corrected chi connectivity index (χ4v) is 2.89. The van der Waals surface area contributed by atoms with Crippen molar-refractivity contribution in [2.75, 3.05) is 5.32 Å². The van der Waals surface area contributed by atoms with E-state index in [1.54, 1.807) is 10.9 Å². The molecule has 6 heteroatoms. The van der Waals surface area contributed by atoms with Crippen LogP contribution in [0.5, 0.6) is 0 Å². The van der Waals surface area contributed by atoms with Crippen LogP contribution < -0.4 is 5.32 Å². The molecule has 0 aliphatic carbocycles. The van der Waals surface area contributed by atoms with Crippen LogP contribution >= 0.6 is 0 Å². The number of carbonyl (C=O) groups excluding carboxylic acids is 2. The standard InChI is InChI=1S/C20H22N4O2/c1-12-5-6-15(9-13(12)2)18(25)7-8-19(26)22-16-10-17-14(3)23-24(4)20(17)21-11-16/h5-6,9-11H,7-8H2,1-4H3,(H,22,26). The molecule has 6 nitrogen and oxygen atoms in total. The number of Topliss-reactive ketones (excluding diaryl/α,β-unsaturated/α-hetero) is 1. The number of hydrogen-bond acceptors (Lipinski definition) is 4. The quantitative estimate of drug-likeness (QED) is 0.715. The van der Waals surface area contributed by atoms with Gasteiger partial charge in [-0.2, -0.15) is 5.10 Å². The number of amides is 1. The SMILES string of the molecule is Cc1ccc(C(=O)CCC(=O)Nc2cnc3c(c2)c(C)nn3C)cc1C. The summed E-state index contributed by atoms with van der Waals surface area (Å²) >= 11 is 0. The Kier molecular flexibility index (Phi) is 4.84. The average Bonchev–Trinajstić information content (AvgIpc) is 2.89. The van der Waals surface area contributed by atoms with E-state index in [4.69, 9.17) is 0 Å². The minimum Gasteiger partial charge on any atom is -0.325 e. The molecule has 3 aromatic rings. The molecule has 2 aromatic heterocycles. The van der Waals surface area contributed by atoms with E-state index in [9.17, 15) is 9.59 Å². The molecule has 0 bridgehead atoms. The van der Waals surface area contributed by atoms with Crippen LogP contribution in [0.25, 0.3) is 11.0 Å². The van der Waals surface area contributed by atoms with Gasteiger partial charge in [0.2, 0.25) is 5.91 Å². The molecule has 3 rings (SSSR count). The van der Waals surface area contributed by atoms with Crippen LogP contribution in [0.1, 0.15) is 40.0 Å². The van der Waals surface area contributed by atoms with Gasteiger partial charge in [-0.1, -0.05) is 12.1 Å². The van der Waals surface area contributed by atoms with Crippen LogP contribution in [-0.4, -0.2) is 26.5 Å². The number of benzene rings is 1. The predicted octanol–water partition coefficient (Wildman–Crippen LogP) is 3.50. The lowest BCUT2D eigenvalue weighted by Gasteiger charge is -2.06. The summed E-state index contributed by atoms with van der Waals surface area (Å²) in [5.74, 6) is -0.232. The molecule has 0 spiro atoms. The Morgan fingerprint density at radius 3 is 2.58 bits per heavy atom. The van der Waals surface area contributed by atoms with E-state index < -0.39 is 0 Å². The summed E-state index contributed by atoms with van der Waals surface area (Å²) in [6, 6.07) is 7.47. The van der Waals surface area contributed by atoms with E-state index in [0.29, 0.717) is 11.3 Å². The molecule has 0 aliphatic rings. The van der Waals surface area contributed by atoms with Crippen LogP contribution in [0, 0.1) is 20.8 Å². The Labute approximate surface area is 152 Å². The Balaban J connectivity index is 1.62. The summed E-state index contributed by atoms with van der Waals surface area (Å²) in [5, 5.41) is 8.02. The largest absolute Gasteiger partial charge is 0.325 e. The van der Waals surface area contributed by atoms with Crippen molar-refractivity contribution in [3.05, 3.63) is 52.8 Å². The van der Waals surface area contributed by atoms with Crippen molar-refractivity contribution >= 4 is 28.4 Å². The zero-order valence-corrected chi connectivity index (χ0v) is 15.5.